The van der Waals surface area contributed by atoms with Crippen molar-refractivity contribution in [1.82, 2.24) is 24.4 Å². The van der Waals surface area contributed by atoms with Crippen molar-refractivity contribution in [2.45, 2.75) is 25.3 Å². The van der Waals surface area contributed by atoms with Crippen LogP contribution in [-0.2, 0) is 6.54 Å². The summed E-state index contributed by atoms with van der Waals surface area (Å²) in [5.41, 5.74) is -1.16. The lowest BCUT2D eigenvalue weighted by atomic mass is 10.2. The molecule has 30 heavy (non-hydrogen) atoms. The number of amides is 1. The van der Waals surface area contributed by atoms with Gasteiger partial charge in [-0.2, -0.15) is 0 Å². The summed E-state index contributed by atoms with van der Waals surface area (Å²) in [7, 11) is 0. The van der Waals surface area contributed by atoms with Crippen molar-refractivity contribution in [3.63, 3.8) is 0 Å². The Hall–Kier alpha value is -3.82. The van der Waals surface area contributed by atoms with E-state index in [1.165, 1.54) is 29.1 Å². The van der Waals surface area contributed by atoms with Gasteiger partial charge in [-0.05, 0) is 37.1 Å². The molecule has 9 nitrogen and oxygen atoms in total. The molecule has 4 rings (SSSR count). The van der Waals surface area contributed by atoms with E-state index in [0.29, 0.717) is 5.92 Å². The lowest BCUT2D eigenvalue weighted by Crippen LogP contribution is -2.40. The van der Waals surface area contributed by atoms with E-state index in [2.05, 4.69) is 15.3 Å². The zero-order chi connectivity index (χ0) is 21.3. The molecule has 154 valence electrons. The van der Waals surface area contributed by atoms with Gasteiger partial charge in [0.25, 0.3) is 17.0 Å². The van der Waals surface area contributed by atoms with Crippen LogP contribution in [0.25, 0.3) is 5.69 Å². The van der Waals surface area contributed by atoms with Crippen LogP contribution in [0.3, 0.4) is 0 Å². The smallest absolute Gasteiger partial charge is 0.333 e. The molecule has 0 spiro atoms. The third-order valence-electron chi connectivity index (χ3n) is 4.84. The molecule has 2 aromatic heterocycles. The summed E-state index contributed by atoms with van der Waals surface area (Å²) >= 11 is 0. The summed E-state index contributed by atoms with van der Waals surface area (Å²) in [5.74, 6) is -0.856. The maximum absolute atomic E-state index is 13.1. The van der Waals surface area contributed by atoms with Crippen LogP contribution in [0.2, 0.25) is 0 Å². The quantitative estimate of drug-likeness (QED) is 0.613. The SMILES string of the molecule is O=C(NCCn1cnc(C2CC2)cc1=O)c1c[nH]c(=O)n(-c2ccc(F)cc2)c1=O. The molecule has 0 bridgehead atoms. The second-order valence-electron chi connectivity index (χ2n) is 7.00. The number of hydrogen-bond acceptors (Lipinski definition) is 5. The molecule has 1 amide bonds. The number of hydrogen-bond donors (Lipinski definition) is 2. The number of nitrogens with one attached hydrogen (secondary N) is 2. The predicted octanol–water partition coefficient (Wildman–Crippen LogP) is 0.529. The Morgan fingerprint density at radius 3 is 2.60 bits per heavy atom. The van der Waals surface area contributed by atoms with Crippen LogP contribution in [0.5, 0.6) is 0 Å². The standard InChI is InChI=1S/C20H18FN5O4/c21-13-3-5-14(6-4-13)26-19(29)15(10-23-20(26)30)18(28)22-7-8-25-11-24-16(9-17(25)27)12-1-2-12/h3-6,9-12H,1-2,7-8H2,(H,22,28)(H,23,30). The van der Waals surface area contributed by atoms with Gasteiger partial charge in [0.15, 0.2) is 0 Å². The Labute approximate surface area is 168 Å². The van der Waals surface area contributed by atoms with Gasteiger partial charge >= 0.3 is 5.69 Å². The van der Waals surface area contributed by atoms with Crippen LogP contribution in [0.15, 0.2) is 57.2 Å². The van der Waals surface area contributed by atoms with E-state index in [-0.39, 0.29) is 29.9 Å². The predicted molar refractivity (Wildman–Crippen MR) is 105 cm³/mol. The van der Waals surface area contributed by atoms with Crippen LogP contribution in [0, 0.1) is 5.82 Å². The van der Waals surface area contributed by atoms with Crippen molar-refractivity contribution in [1.29, 1.82) is 0 Å². The number of carbonyl (C=O) groups is 1. The highest BCUT2D eigenvalue weighted by molar-refractivity contribution is 5.93. The first kappa shape index (κ1) is 19.5. The van der Waals surface area contributed by atoms with E-state index in [4.69, 9.17) is 0 Å². The molecule has 0 atom stereocenters. The van der Waals surface area contributed by atoms with Gasteiger partial charge in [0.1, 0.15) is 11.4 Å². The van der Waals surface area contributed by atoms with E-state index in [0.717, 1.165) is 41.4 Å². The van der Waals surface area contributed by atoms with Gasteiger partial charge < -0.3 is 10.3 Å². The Bertz CT molecular complexity index is 1270. The average Bonchev–Trinajstić information content (AvgIpc) is 3.56. The molecule has 1 aliphatic carbocycles. The molecule has 1 aromatic carbocycles. The number of carbonyl (C=O) groups excluding carboxylic acids is 1. The van der Waals surface area contributed by atoms with Crippen molar-refractivity contribution in [3.8, 4) is 5.69 Å². The van der Waals surface area contributed by atoms with Crippen molar-refractivity contribution < 1.29 is 9.18 Å². The second kappa shape index (κ2) is 7.90. The number of benzene rings is 1. The topological polar surface area (TPSA) is 119 Å². The third-order valence-corrected chi connectivity index (χ3v) is 4.84. The third kappa shape index (κ3) is 3.97. The van der Waals surface area contributed by atoms with Crippen molar-refractivity contribution in [2.75, 3.05) is 6.54 Å². The number of aromatic nitrogens is 4. The number of aromatic amines is 1. The van der Waals surface area contributed by atoms with Crippen molar-refractivity contribution in [3.05, 3.63) is 91.1 Å². The number of halogens is 1. The maximum atomic E-state index is 13.1. The number of nitrogens with zero attached hydrogens (tertiary/aromatic N) is 3. The highest BCUT2D eigenvalue weighted by atomic mass is 19.1. The molecule has 0 radical (unpaired) electrons. The molecular formula is C20H18FN5O4. The minimum absolute atomic E-state index is 0.0817. The van der Waals surface area contributed by atoms with Gasteiger partial charge in [0.05, 0.1) is 17.7 Å². The Balaban J connectivity index is 1.48. The molecule has 1 saturated carbocycles. The Kier molecular flexibility index (Phi) is 5.13. The van der Waals surface area contributed by atoms with Gasteiger partial charge in [-0.25, -0.2) is 18.7 Å². The average molecular weight is 411 g/mol. The highest BCUT2D eigenvalue weighted by Crippen LogP contribution is 2.38. The summed E-state index contributed by atoms with van der Waals surface area (Å²) < 4.78 is 15.2. The molecular weight excluding hydrogens is 393 g/mol. The highest BCUT2D eigenvalue weighted by Gasteiger charge is 2.25. The molecule has 2 heterocycles. The maximum Gasteiger partial charge on any atom is 0.333 e. The zero-order valence-corrected chi connectivity index (χ0v) is 15.8. The fourth-order valence-corrected chi connectivity index (χ4v) is 3.06. The first-order valence-electron chi connectivity index (χ1n) is 9.39. The lowest BCUT2D eigenvalue weighted by molar-refractivity contribution is 0.0949. The normalized spacial score (nSPS) is 13.2. The van der Waals surface area contributed by atoms with Crippen LogP contribution < -0.4 is 22.1 Å². The fraction of sp³-hybridized carbons (Fsp3) is 0.250. The van der Waals surface area contributed by atoms with Crippen molar-refractivity contribution >= 4 is 5.91 Å². The van der Waals surface area contributed by atoms with E-state index in [1.807, 2.05) is 0 Å². The summed E-state index contributed by atoms with van der Waals surface area (Å²) in [6, 6.07) is 6.24. The molecule has 3 aromatic rings. The van der Waals surface area contributed by atoms with E-state index in [1.54, 1.807) is 0 Å². The van der Waals surface area contributed by atoms with Gasteiger partial charge in [-0.1, -0.05) is 0 Å². The van der Waals surface area contributed by atoms with Crippen LogP contribution in [-0.4, -0.2) is 31.6 Å². The lowest BCUT2D eigenvalue weighted by Gasteiger charge is -2.09. The monoisotopic (exact) mass is 411 g/mol. The summed E-state index contributed by atoms with van der Waals surface area (Å²) in [6.07, 6.45) is 4.56. The molecule has 0 saturated heterocycles. The minimum atomic E-state index is -0.838. The minimum Gasteiger partial charge on any atom is -0.350 e. The molecule has 0 aliphatic heterocycles. The summed E-state index contributed by atoms with van der Waals surface area (Å²) in [4.78, 5) is 55.8. The van der Waals surface area contributed by atoms with Gasteiger partial charge in [-0.15, -0.1) is 0 Å². The Morgan fingerprint density at radius 1 is 1.20 bits per heavy atom. The van der Waals surface area contributed by atoms with E-state index in [9.17, 15) is 23.6 Å². The molecule has 2 N–H and O–H groups in total. The summed E-state index contributed by atoms with van der Waals surface area (Å²) in [6.45, 7) is 0.260. The first-order valence-corrected chi connectivity index (χ1v) is 9.39. The molecule has 10 heteroatoms. The first-order chi connectivity index (χ1) is 14.4. The largest absolute Gasteiger partial charge is 0.350 e. The van der Waals surface area contributed by atoms with E-state index < -0.39 is 23.0 Å². The van der Waals surface area contributed by atoms with Crippen LogP contribution >= 0.6 is 0 Å². The molecule has 1 aliphatic rings. The number of rotatable bonds is 6. The molecule has 0 unspecified atom stereocenters. The zero-order valence-electron chi connectivity index (χ0n) is 15.8. The van der Waals surface area contributed by atoms with Crippen LogP contribution in [0.4, 0.5) is 4.39 Å². The van der Waals surface area contributed by atoms with Gasteiger partial charge in [-0.3, -0.25) is 19.0 Å². The van der Waals surface area contributed by atoms with Gasteiger partial charge in [0, 0.05) is 31.3 Å². The molecule has 1 fully saturated rings. The second-order valence-corrected chi connectivity index (χ2v) is 7.00. The Morgan fingerprint density at radius 2 is 1.93 bits per heavy atom. The van der Waals surface area contributed by atoms with Crippen molar-refractivity contribution in [2.24, 2.45) is 0 Å². The fourth-order valence-electron chi connectivity index (χ4n) is 3.06. The van der Waals surface area contributed by atoms with Gasteiger partial charge in [0.2, 0.25) is 0 Å². The van der Waals surface area contributed by atoms with E-state index >= 15 is 0 Å². The number of H-pyrrole nitrogens is 1. The summed E-state index contributed by atoms with van der Waals surface area (Å²) in [5, 5.41) is 2.55. The van der Waals surface area contributed by atoms with Crippen LogP contribution in [0.1, 0.15) is 34.8 Å².